The third-order valence-electron chi connectivity index (χ3n) is 15.7. The highest BCUT2D eigenvalue weighted by Crippen LogP contribution is 2.54. The van der Waals surface area contributed by atoms with Crippen LogP contribution in [0.4, 0.5) is 49.0 Å². The molecule has 2 aromatic heterocycles. The van der Waals surface area contributed by atoms with Crippen LogP contribution in [0.25, 0.3) is 10.9 Å². The van der Waals surface area contributed by atoms with Crippen molar-refractivity contribution in [3.05, 3.63) is 82.1 Å². The summed E-state index contributed by atoms with van der Waals surface area (Å²) in [6, 6.07) is 14.4. The van der Waals surface area contributed by atoms with E-state index >= 15 is 8.78 Å². The summed E-state index contributed by atoms with van der Waals surface area (Å²) in [6.07, 6.45) is 10.0. The molecule has 5 aliphatic heterocycles. The van der Waals surface area contributed by atoms with Crippen molar-refractivity contribution in [2.24, 2.45) is 5.92 Å². The zero-order chi connectivity index (χ0) is 51.7. The fourth-order valence-electron chi connectivity index (χ4n) is 11.6. The monoisotopic (exact) mass is 1100 g/mol. The number of methoxy groups -OCH3 is 1. The summed E-state index contributed by atoms with van der Waals surface area (Å²) in [5.74, 6) is -1.01. The zero-order valence-electron chi connectivity index (χ0n) is 42.3. The molecule has 10 rings (SSSR count). The number of fused-ring (bicyclic) bond motifs is 1. The van der Waals surface area contributed by atoms with E-state index in [1.54, 1.807) is 13.3 Å². The number of hydrogen-bond acceptors (Lipinski definition) is 14. The average Bonchev–Trinajstić information content (AvgIpc) is 3.87. The first-order valence-corrected chi connectivity index (χ1v) is 29.1. The van der Waals surface area contributed by atoms with Gasteiger partial charge in [0.15, 0.2) is 11.6 Å². The van der Waals surface area contributed by atoms with Gasteiger partial charge in [-0.3, -0.25) is 29.6 Å². The molecule has 392 valence electrons. The van der Waals surface area contributed by atoms with E-state index in [1.807, 2.05) is 28.0 Å². The van der Waals surface area contributed by atoms with Crippen LogP contribution in [0.5, 0.6) is 5.75 Å². The third-order valence-corrected chi connectivity index (χ3v) is 19.7. The number of nitrogens with one attached hydrogen (secondary N) is 4. The van der Waals surface area contributed by atoms with Crippen LogP contribution in [-0.2, 0) is 31.8 Å². The van der Waals surface area contributed by atoms with Gasteiger partial charge in [-0.2, -0.15) is 4.98 Å². The number of amides is 3. The topological polar surface area (TPSA) is 177 Å². The number of anilines is 7. The minimum atomic E-state index is -2.66. The van der Waals surface area contributed by atoms with Crippen LogP contribution < -0.4 is 41.1 Å². The van der Waals surface area contributed by atoms with E-state index in [0.29, 0.717) is 85.1 Å². The lowest BCUT2D eigenvalue weighted by molar-refractivity contribution is -0.138. The van der Waals surface area contributed by atoms with Gasteiger partial charge in [0.25, 0.3) is 0 Å². The van der Waals surface area contributed by atoms with E-state index in [9.17, 15) is 18.9 Å². The summed E-state index contributed by atoms with van der Waals surface area (Å²) in [7, 11) is -0.988. The molecule has 20 heteroatoms. The Morgan fingerprint density at radius 1 is 0.838 bits per heavy atom. The maximum atomic E-state index is 15.2. The second-order valence-electron chi connectivity index (χ2n) is 20.2. The van der Waals surface area contributed by atoms with Crippen molar-refractivity contribution in [3.8, 4) is 5.75 Å². The fourth-order valence-corrected chi connectivity index (χ4v) is 15.2. The van der Waals surface area contributed by atoms with Gasteiger partial charge in [0.05, 0.1) is 28.5 Å². The van der Waals surface area contributed by atoms with Gasteiger partial charge in [-0.15, -0.1) is 0 Å². The van der Waals surface area contributed by atoms with Crippen LogP contribution in [0.1, 0.15) is 76.5 Å². The summed E-state index contributed by atoms with van der Waals surface area (Å²) < 4.78 is 51.6. The highest BCUT2D eigenvalue weighted by atomic mass is 79.9. The lowest BCUT2D eigenvalue weighted by Crippen LogP contribution is -2.55. The first kappa shape index (κ1) is 51.6. The molecule has 3 amide bonds. The molecule has 1 atom stereocenters. The molecule has 0 radical (unpaired) electrons. The summed E-state index contributed by atoms with van der Waals surface area (Å²) in [5, 5.41) is 13.6. The highest BCUT2D eigenvalue weighted by molar-refractivity contribution is 9.10. The number of carbonyl (C=O) groups excluding carboxylic acids is 3. The Hall–Kier alpha value is -5.91. The summed E-state index contributed by atoms with van der Waals surface area (Å²) in [4.78, 5) is 60.7. The van der Waals surface area contributed by atoms with E-state index in [4.69, 9.17) is 14.7 Å². The van der Waals surface area contributed by atoms with E-state index in [2.05, 4.69) is 84.0 Å². The number of aryl methyl sites for hydroxylation is 2. The van der Waals surface area contributed by atoms with Gasteiger partial charge in [-0.05, 0) is 116 Å². The number of piperazine rings is 1. The molecule has 74 heavy (non-hydrogen) atoms. The Labute approximate surface area is 439 Å². The molecule has 7 heterocycles. The number of aromatic nitrogens is 3. The predicted molar refractivity (Wildman–Crippen MR) is 290 cm³/mol. The summed E-state index contributed by atoms with van der Waals surface area (Å²) in [6.45, 7) is 10.0. The van der Waals surface area contributed by atoms with Crippen molar-refractivity contribution >= 4 is 97.2 Å². The molecule has 3 aromatic carbocycles. The van der Waals surface area contributed by atoms with Crippen LogP contribution in [0.2, 0.25) is 0 Å². The third kappa shape index (κ3) is 10.8. The second kappa shape index (κ2) is 22.1. The Balaban J connectivity index is 0.727. The van der Waals surface area contributed by atoms with Gasteiger partial charge >= 0.3 is 0 Å². The lowest BCUT2D eigenvalue weighted by Gasteiger charge is -2.44. The minimum absolute atomic E-state index is 0.0936. The van der Waals surface area contributed by atoms with Gasteiger partial charge in [-0.25, -0.2) is 13.8 Å². The zero-order valence-corrected chi connectivity index (χ0v) is 44.8. The molecule has 5 fully saturated rings. The number of benzene rings is 3. The van der Waals surface area contributed by atoms with Crippen molar-refractivity contribution < 1.29 is 32.5 Å². The van der Waals surface area contributed by atoms with Crippen LogP contribution >= 0.6 is 23.1 Å². The number of hydrogen-bond donors (Lipinski definition) is 4. The fraction of sp³-hybridized carbons (Fsp3) is 0.481. The minimum Gasteiger partial charge on any atom is -0.494 e. The number of piperidine rings is 3. The number of nitrogens with zero attached hydrogens (tertiary/aromatic N) is 7. The van der Waals surface area contributed by atoms with Gasteiger partial charge in [-0.1, -0.05) is 19.9 Å². The number of ether oxygens (including phenoxy) is 1. The Kier molecular flexibility index (Phi) is 15.4. The first-order chi connectivity index (χ1) is 35.8. The van der Waals surface area contributed by atoms with Gasteiger partial charge in [0, 0.05) is 123 Å². The summed E-state index contributed by atoms with van der Waals surface area (Å²) >= 11 is 3.67. The predicted octanol–water partition coefficient (Wildman–Crippen LogP) is 8.72. The van der Waals surface area contributed by atoms with Gasteiger partial charge in [0.1, 0.15) is 30.4 Å². The van der Waals surface area contributed by atoms with E-state index in [1.165, 1.54) is 17.7 Å². The van der Waals surface area contributed by atoms with Gasteiger partial charge in [0.2, 0.25) is 23.7 Å². The molecular formula is C54H65BrF2N11O5P. The Morgan fingerprint density at radius 2 is 1.55 bits per heavy atom. The van der Waals surface area contributed by atoms with Crippen molar-refractivity contribution in [3.63, 3.8) is 0 Å². The molecule has 5 aliphatic rings. The maximum Gasteiger partial charge on any atom is 0.249 e. The van der Waals surface area contributed by atoms with Gasteiger partial charge < -0.3 is 40.0 Å². The quantitative estimate of drug-likeness (QED) is 0.0613. The van der Waals surface area contributed by atoms with Crippen molar-refractivity contribution in [1.82, 2.24) is 30.1 Å². The Morgan fingerprint density at radius 3 is 2.23 bits per heavy atom. The van der Waals surface area contributed by atoms with Crippen LogP contribution in [0.3, 0.4) is 0 Å². The van der Waals surface area contributed by atoms with Crippen molar-refractivity contribution in [2.75, 3.05) is 97.5 Å². The molecule has 0 saturated carbocycles. The van der Waals surface area contributed by atoms with Crippen LogP contribution in [0.15, 0.2) is 59.2 Å². The molecule has 5 aromatic rings. The number of rotatable bonds is 14. The van der Waals surface area contributed by atoms with Crippen LogP contribution in [-0.4, -0.2) is 126 Å². The SMILES string of the molecule is CCc1ccc2c(P3(=O)CCCC3)c(Nc3nc(Nc4cc(CC)c(N5CCC(N6CCN(C(=O)C7CCN(c8cc(F)c(NC9CCC(=O)NC9=O)c(F)c8)CC7)CC6)CC5)cc4OC)ncc3Br)ccc2n1. The number of halogens is 3. The highest BCUT2D eigenvalue weighted by Gasteiger charge is 2.36. The van der Waals surface area contributed by atoms with E-state index in [-0.39, 0.29) is 24.7 Å². The lowest BCUT2D eigenvalue weighted by atomic mass is 9.94. The standard InChI is InChI=1S/C54H65BrF2N11O5P/c1-4-33-28-45(62-54-58-32-39(55)51(64-54)61-43-11-10-42-38(9-8-35(5-2)59-42)50(43)74(72)26-6-7-27-74)47(73-3)31-46(33)67-20-16-36(17-21-67)66-22-24-68(25-23-66)53(71)34-14-18-65(19-15-34)37-29-40(56)49(41(57)30-37)60-44-12-13-48(69)63-52(44)70/h8-11,28-32,34,36,44,60H,4-7,12-27H2,1-3H3,(H,63,69,70)(H2,58,61,62,64). The molecule has 5 saturated heterocycles. The molecular weight excluding hydrogens is 1030 g/mol. The van der Waals surface area contributed by atoms with Crippen molar-refractivity contribution in [1.29, 1.82) is 0 Å². The molecule has 4 N–H and O–H groups in total. The summed E-state index contributed by atoms with van der Waals surface area (Å²) in [5.41, 5.74) is 5.71. The second-order valence-corrected chi connectivity index (χ2v) is 24.2. The number of pyridine rings is 1. The molecule has 0 bridgehead atoms. The van der Waals surface area contributed by atoms with Crippen molar-refractivity contribution in [2.45, 2.75) is 90.1 Å². The smallest absolute Gasteiger partial charge is 0.249 e. The molecule has 0 aliphatic carbocycles. The number of imide groups is 1. The van der Waals surface area contributed by atoms with E-state index in [0.717, 1.165) is 104 Å². The Bertz CT molecular complexity index is 2970. The normalized spacial score (nSPS) is 20.0. The first-order valence-electron chi connectivity index (χ1n) is 26.2. The largest absolute Gasteiger partial charge is 0.494 e. The molecule has 16 nitrogen and oxygen atoms in total. The number of carbonyl (C=O) groups is 3. The molecule has 1 unspecified atom stereocenters. The average molecular weight is 1100 g/mol. The maximum absolute atomic E-state index is 15.2. The van der Waals surface area contributed by atoms with Crippen LogP contribution in [0, 0.1) is 17.6 Å². The van der Waals surface area contributed by atoms with E-state index < -0.39 is 42.3 Å². The molecule has 0 spiro atoms.